The Morgan fingerprint density at radius 1 is 0.941 bits per heavy atom. The Labute approximate surface area is 301 Å². The van der Waals surface area contributed by atoms with Crippen LogP contribution in [0.2, 0.25) is 0 Å². The first-order chi connectivity index (χ1) is 24.7. The lowest BCUT2D eigenvalue weighted by molar-refractivity contribution is -0.121. The van der Waals surface area contributed by atoms with Crippen LogP contribution in [0.4, 0.5) is 23.0 Å². The van der Waals surface area contributed by atoms with Crippen LogP contribution in [0.15, 0.2) is 66.9 Å². The SMILES string of the molecule is CCCN1CCN(c2ccc(Nc3ncc(C(=O)Nc4c(C)cccc4C)c(Oc4ccc(CCC(=O)N[C@@H](C)CC)cc4OC)n3)cc2)CC1. The minimum absolute atomic E-state index is 0.00378. The minimum atomic E-state index is -0.403. The van der Waals surface area contributed by atoms with Gasteiger partial charge in [-0.25, -0.2) is 4.98 Å². The molecule has 51 heavy (non-hydrogen) atoms. The third-order valence-corrected chi connectivity index (χ3v) is 9.21. The molecule has 11 heteroatoms. The summed E-state index contributed by atoms with van der Waals surface area (Å²) in [6.07, 6.45) is 4.41. The minimum Gasteiger partial charge on any atom is -0.493 e. The molecule has 0 bridgehead atoms. The first kappa shape index (κ1) is 37.1. The van der Waals surface area contributed by atoms with Gasteiger partial charge in [0.15, 0.2) is 11.5 Å². The van der Waals surface area contributed by atoms with Crippen LogP contribution < -0.4 is 30.3 Å². The number of para-hydroxylation sites is 1. The number of carbonyl (C=O) groups is 2. The highest BCUT2D eigenvalue weighted by molar-refractivity contribution is 6.06. The van der Waals surface area contributed by atoms with Crippen molar-refractivity contribution in [1.82, 2.24) is 20.2 Å². The number of methoxy groups -OCH3 is 1. The first-order valence-electron chi connectivity index (χ1n) is 17.9. The van der Waals surface area contributed by atoms with E-state index in [1.54, 1.807) is 13.2 Å². The molecule has 11 nitrogen and oxygen atoms in total. The summed E-state index contributed by atoms with van der Waals surface area (Å²) >= 11 is 0. The molecule has 3 N–H and O–H groups in total. The van der Waals surface area contributed by atoms with Gasteiger partial charge in [-0.15, -0.1) is 0 Å². The molecule has 0 saturated carbocycles. The van der Waals surface area contributed by atoms with Crippen molar-refractivity contribution in [2.24, 2.45) is 0 Å². The van der Waals surface area contributed by atoms with Crippen LogP contribution in [0.25, 0.3) is 0 Å². The summed E-state index contributed by atoms with van der Waals surface area (Å²) in [5.41, 5.74) is 5.66. The fourth-order valence-corrected chi connectivity index (χ4v) is 6.05. The Balaban J connectivity index is 1.36. The number of benzene rings is 3. The van der Waals surface area contributed by atoms with E-state index in [1.807, 2.05) is 70.2 Å². The Kier molecular flexibility index (Phi) is 12.9. The molecule has 4 aromatic rings. The van der Waals surface area contributed by atoms with Crippen LogP contribution in [0.3, 0.4) is 0 Å². The second-order valence-electron chi connectivity index (χ2n) is 13.1. The Hall–Kier alpha value is -5.16. The molecular weight excluding hydrogens is 642 g/mol. The molecule has 1 saturated heterocycles. The normalized spacial score (nSPS) is 13.7. The monoisotopic (exact) mass is 693 g/mol. The number of amides is 2. The molecule has 1 aliphatic rings. The smallest absolute Gasteiger partial charge is 0.262 e. The van der Waals surface area contributed by atoms with Crippen molar-refractivity contribution in [3.8, 4) is 17.4 Å². The zero-order chi connectivity index (χ0) is 36.3. The van der Waals surface area contributed by atoms with E-state index in [0.717, 1.165) is 67.2 Å². The summed E-state index contributed by atoms with van der Waals surface area (Å²) in [6, 6.07) is 19.7. The molecule has 2 heterocycles. The van der Waals surface area contributed by atoms with Gasteiger partial charge in [0.2, 0.25) is 17.7 Å². The maximum atomic E-state index is 13.7. The van der Waals surface area contributed by atoms with Gasteiger partial charge in [0, 0.05) is 61.9 Å². The number of aryl methyl sites for hydroxylation is 3. The van der Waals surface area contributed by atoms with E-state index < -0.39 is 5.91 Å². The van der Waals surface area contributed by atoms with Gasteiger partial charge in [-0.1, -0.05) is 38.1 Å². The third kappa shape index (κ3) is 9.97. The van der Waals surface area contributed by atoms with E-state index in [4.69, 9.17) is 9.47 Å². The number of nitrogens with one attached hydrogen (secondary N) is 3. The molecular formula is C40H51N7O4. The van der Waals surface area contributed by atoms with Crippen molar-refractivity contribution in [3.05, 3.63) is 89.1 Å². The maximum absolute atomic E-state index is 13.7. The topological polar surface area (TPSA) is 121 Å². The standard InChI is InChI=1S/C40H51N7O4/c1-7-20-46-21-23-47(24-22-46)32-16-14-31(15-17-32)43-40-41-26-33(38(49)44-37-27(3)10-9-11-28(37)4)39(45-40)51-34-18-12-30(25-35(34)50-6)13-19-36(48)42-29(5)8-2/h9-12,14-18,25-26,29H,7-8,13,19-24H2,1-6H3,(H,42,48)(H,44,49)(H,41,43,45)/t29-/m0/s1. The summed E-state index contributed by atoms with van der Waals surface area (Å²) in [7, 11) is 1.55. The highest BCUT2D eigenvalue weighted by Gasteiger charge is 2.21. The number of ether oxygens (including phenoxy) is 2. The van der Waals surface area contributed by atoms with Gasteiger partial charge in [0.25, 0.3) is 5.91 Å². The molecule has 1 aliphatic heterocycles. The van der Waals surface area contributed by atoms with Gasteiger partial charge < -0.3 is 30.3 Å². The van der Waals surface area contributed by atoms with E-state index in [2.05, 4.69) is 54.8 Å². The second kappa shape index (κ2) is 17.7. The molecule has 0 aliphatic carbocycles. The van der Waals surface area contributed by atoms with Gasteiger partial charge >= 0.3 is 0 Å². The van der Waals surface area contributed by atoms with Gasteiger partial charge in [-0.2, -0.15) is 4.98 Å². The molecule has 1 aromatic heterocycles. The molecule has 5 rings (SSSR count). The Morgan fingerprint density at radius 3 is 2.33 bits per heavy atom. The summed E-state index contributed by atoms with van der Waals surface area (Å²) in [5, 5.41) is 9.30. The van der Waals surface area contributed by atoms with E-state index in [9.17, 15) is 9.59 Å². The number of aromatic nitrogens is 2. The third-order valence-electron chi connectivity index (χ3n) is 9.21. The molecule has 3 aromatic carbocycles. The van der Waals surface area contributed by atoms with E-state index in [1.165, 1.54) is 18.3 Å². The predicted octanol–water partition coefficient (Wildman–Crippen LogP) is 7.27. The van der Waals surface area contributed by atoms with Crippen LogP contribution in [-0.4, -0.2) is 72.6 Å². The molecule has 0 spiro atoms. The average Bonchev–Trinajstić information content (AvgIpc) is 3.13. The van der Waals surface area contributed by atoms with Crippen molar-refractivity contribution in [2.75, 3.05) is 55.4 Å². The van der Waals surface area contributed by atoms with E-state index in [0.29, 0.717) is 24.3 Å². The quantitative estimate of drug-likeness (QED) is 0.118. The summed E-state index contributed by atoms with van der Waals surface area (Å²) < 4.78 is 12.0. The van der Waals surface area contributed by atoms with Gasteiger partial charge in [0.05, 0.1) is 7.11 Å². The lowest BCUT2D eigenvalue weighted by Gasteiger charge is -2.36. The lowest BCUT2D eigenvalue weighted by atomic mass is 10.1. The Bertz CT molecular complexity index is 1770. The van der Waals surface area contributed by atoms with Crippen molar-refractivity contribution in [1.29, 1.82) is 0 Å². The average molecular weight is 694 g/mol. The number of piperazine rings is 1. The molecule has 2 amide bonds. The number of rotatable bonds is 15. The number of carbonyl (C=O) groups excluding carboxylic acids is 2. The van der Waals surface area contributed by atoms with Crippen LogP contribution >= 0.6 is 0 Å². The number of nitrogens with zero attached hydrogens (tertiary/aromatic N) is 4. The highest BCUT2D eigenvalue weighted by Crippen LogP contribution is 2.34. The molecule has 270 valence electrons. The number of hydrogen-bond acceptors (Lipinski definition) is 9. The van der Waals surface area contributed by atoms with E-state index in [-0.39, 0.29) is 29.3 Å². The molecule has 1 fully saturated rings. The number of hydrogen-bond donors (Lipinski definition) is 3. The molecule has 1 atom stereocenters. The van der Waals surface area contributed by atoms with Gasteiger partial charge in [0.1, 0.15) is 5.56 Å². The van der Waals surface area contributed by atoms with Crippen LogP contribution in [0.1, 0.15) is 67.1 Å². The zero-order valence-electron chi connectivity index (χ0n) is 30.7. The predicted molar refractivity (Wildman–Crippen MR) is 204 cm³/mol. The van der Waals surface area contributed by atoms with Crippen molar-refractivity contribution in [2.45, 2.75) is 66.3 Å². The summed E-state index contributed by atoms with van der Waals surface area (Å²) in [4.78, 5) is 40.2. The summed E-state index contributed by atoms with van der Waals surface area (Å²) in [6.45, 7) is 15.4. The Morgan fingerprint density at radius 2 is 1.67 bits per heavy atom. The molecule has 0 unspecified atom stereocenters. The van der Waals surface area contributed by atoms with Crippen LogP contribution in [0.5, 0.6) is 17.4 Å². The fraction of sp³-hybridized carbons (Fsp3) is 0.400. The van der Waals surface area contributed by atoms with Crippen LogP contribution in [-0.2, 0) is 11.2 Å². The van der Waals surface area contributed by atoms with Crippen molar-refractivity contribution in [3.63, 3.8) is 0 Å². The maximum Gasteiger partial charge on any atom is 0.262 e. The first-order valence-corrected chi connectivity index (χ1v) is 17.9. The van der Waals surface area contributed by atoms with Crippen LogP contribution in [0, 0.1) is 13.8 Å². The second-order valence-corrected chi connectivity index (χ2v) is 13.1. The van der Waals surface area contributed by atoms with Gasteiger partial charge in [-0.3, -0.25) is 14.5 Å². The highest BCUT2D eigenvalue weighted by atomic mass is 16.5. The molecule has 0 radical (unpaired) electrons. The summed E-state index contributed by atoms with van der Waals surface area (Å²) in [5.74, 6) is 0.772. The number of anilines is 4. The van der Waals surface area contributed by atoms with Crippen molar-refractivity contribution < 1.29 is 19.1 Å². The lowest BCUT2D eigenvalue weighted by Crippen LogP contribution is -2.46. The largest absolute Gasteiger partial charge is 0.493 e. The van der Waals surface area contributed by atoms with E-state index >= 15 is 0 Å². The zero-order valence-corrected chi connectivity index (χ0v) is 30.7. The fourth-order valence-electron chi connectivity index (χ4n) is 6.05. The van der Waals surface area contributed by atoms with Gasteiger partial charge in [-0.05, 0) is 99.7 Å². The van der Waals surface area contributed by atoms with Crippen molar-refractivity contribution >= 4 is 34.8 Å².